The number of rotatable bonds is 5. The molecular weight excluding hydrogens is 382 g/mol. The Kier molecular flexibility index (Phi) is 5.55. The zero-order chi connectivity index (χ0) is 21.0. The molecule has 2 aliphatic rings. The minimum absolute atomic E-state index is 0.351. The molecular formula is C27H27N3O. The first-order valence-corrected chi connectivity index (χ1v) is 10.9. The SMILES string of the molecule is COc1ccccc1/C=C\C=N\N1CCN(C2c3ccccc3-c3ccccc32)CC1. The Bertz CT molecular complexity index is 1070. The van der Waals surface area contributed by atoms with E-state index in [9.17, 15) is 0 Å². The molecule has 0 radical (unpaired) electrons. The molecule has 31 heavy (non-hydrogen) atoms. The number of fused-ring (bicyclic) bond motifs is 3. The van der Waals surface area contributed by atoms with Crippen molar-refractivity contribution in [1.82, 2.24) is 9.91 Å². The van der Waals surface area contributed by atoms with E-state index in [0.717, 1.165) is 37.5 Å². The van der Waals surface area contributed by atoms with Gasteiger partial charge in [0.05, 0.1) is 13.2 Å². The molecule has 0 unspecified atom stereocenters. The topological polar surface area (TPSA) is 28.1 Å². The highest BCUT2D eigenvalue weighted by Crippen LogP contribution is 2.46. The van der Waals surface area contributed by atoms with Gasteiger partial charge >= 0.3 is 0 Å². The van der Waals surface area contributed by atoms with Crippen LogP contribution in [0.2, 0.25) is 0 Å². The second-order valence-electron chi connectivity index (χ2n) is 7.93. The highest BCUT2D eigenvalue weighted by molar-refractivity contribution is 5.79. The van der Waals surface area contributed by atoms with E-state index in [1.54, 1.807) is 7.11 Å². The molecule has 0 spiro atoms. The Balaban J connectivity index is 1.24. The Labute approximate surface area is 184 Å². The van der Waals surface area contributed by atoms with E-state index in [2.05, 4.69) is 63.5 Å². The van der Waals surface area contributed by atoms with Crippen molar-refractivity contribution >= 4 is 12.3 Å². The van der Waals surface area contributed by atoms with Crippen LogP contribution in [0.25, 0.3) is 17.2 Å². The molecule has 3 aromatic carbocycles. The maximum Gasteiger partial charge on any atom is 0.126 e. The fourth-order valence-corrected chi connectivity index (χ4v) is 4.69. The molecule has 5 rings (SSSR count). The number of para-hydroxylation sites is 1. The lowest BCUT2D eigenvalue weighted by molar-refractivity contribution is 0.114. The number of hydrogen-bond acceptors (Lipinski definition) is 4. The summed E-state index contributed by atoms with van der Waals surface area (Å²) in [6.07, 6.45) is 5.89. The Hall–Kier alpha value is -3.37. The average Bonchev–Trinajstić information content (AvgIpc) is 3.17. The van der Waals surface area contributed by atoms with Gasteiger partial charge in [-0.1, -0.05) is 66.7 Å². The van der Waals surface area contributed by atoms with Crippen LogP contribution in [0.15, 0.2) is 84.0 Å². The molecule has 0 aromatic heterocycles. The molecule has 0 bridgehead atoms. The van der Waals surface area contributed by atoms with Crippen molar-refractivity contribution in [2.45, 2.75) is 6.04 Å². The van der Waals surface area contributed by atoms with E-state index in [1.165, 1.54) is 22.3 Å². The van der Waals surface area contributed by atoms with Crippen molar-refractivity contribution in [3.8, 4) is 16.9 Å². The number of nitrogens with zero attached hydrogens (tertiary/aromatic N) is 3. The number of piperazine rings is 1. The highest BCUT2D eigenvalue weighted by atomic mass is 16.5. The van der Waals surface area contributed by atoms with Crippen LogP contribution in [0.4, 0.5) is 0 Å². The van der Waals surface area contributed by atoms with E-state index < -0.39 is 0 Å². The van der Waals surface area contributed by atoms with Crippen LogP contribution in [0, 0.1) is 0 Å². The van der Waals surface area contributed by atoms with Crippen molar-refractivity contribution < 1.29 is 4.74 Å². The van der Waals surface area contributed by atoms with Crippen molar-refractivity contribution in [3.63, 3.8) is 0 Å². The Morgan fingerprint density at radius 2 is 1.42 bits per heavy atom. The molecule has 1 saturated heterocycles. The fourth-order valence-electron chi connectivity index (χ4n) is 4.69. The van der Waals surface area contributed by atoms with Gasteiger partial charge in [-0.05, 0) is 40.5 Å². The molecule has 1 heterocycles. The summed E-state index contributed by atoms with van der Waals surface area (Å²) in [5, 5.41) is 6.82. The van der Waals surface area contributed by atoms with Gasteiger partial charge < -0.3 is 4.74 Å². The van der Waals surface area contributed by atoms with Crippen LogP contribution in [0.3, 0.4) is 0 Å². The molecule has 4 nitrogen and oxygen atoms in total. The normalized spacial score (nSPS) is 16.7. The first-order valence-electron chi connectivity index (χ1n) is 10.9. The second kappa shape index (κ2) is 8.78. The van der Waals surface area contributed by atoms with Gasteiger partial charge in [-0.25, -0.2) is 0 Å². The summed E-state index contributed by atoms with van der Waals surface area (Å²) >= 11 is 0. The van der Waals surface area contributed by atoms with Crippen molar-refractivity contribution in [1.29, 1.82) is 0 Å². The quantitative estimate of drug-likeness (QED) is 0.550. The van der Waals surface area contributed by atoms with Crippen LogP contribution in [0.5, 0.6) is 5.75 Å². The van der Waals surface area contributed by atoms with E-state index in [-0.39, 0.29) is 0 Å². The minimum atomic E-state index is 0.351. The summed E-state index contributed by atoms with van der Waals surface area (Å²) in [4.78, 5) is 2.60. The molecule has 3 aromatic rings. The lowest BCUT2D eigenvalue weighted by Crippen LogP contribution is -2.45. The maximum absolute atomic E-state index is 5.39. The standard InChI is InChI=1S/C27H27N3O/c1-31-26-15-7-2-9-21(26)10-8-16-28-30-19-17-29(18-20-30)27-24-13-5-3-11-22(24)23-12-4-6-14-25(23)27/h2-16,27H,17-20H2,1H3/b10-8-,28-16+. The molecule has 0 saturated carbocycles. The predicted octanol–water partition coefficient (Wildman–Crippen LogP) is 5.08. The van der Waals surface area contributed by atoms with Crippen LogP contribution in [-0.2, 0) is 0 Å². The molecule has 0 N–H and O–H groups in total. The lowest BCUT2D eigenvalue weighted by atomic mass is 10.0. The van der Waals surface area contributed by atoms with Gasteiger partial charge in [-0.15, -0.1) is 0 Å². The van der Waals surface area contributed by atoms with Crippen molar-refractivity contribution in [3.05, 3.63) is 95.6 Å². The Morgan fingerprint density at radius 3 is 2.10 bits per heavy atom. The third-order valence-corrected chi connectivity index (χ3v) is 6.19. The van der Waals surface area contributed by atoms with Crippen molar-refractivity contribution in [2.75, 3.05) is 33.3 Å². The molecule has 1 fully saturated rings. The third-order valence-electron chi connectivity index (χ3n) is 6.19. The Morgan fingerprint density at radius 1 is 0.806 bits per heavy atom. The average molecular weight is 410 g/mol. The summed E-state index contributed by atoms with van der Waals surface area (Å²) in [7, 11) is 1.70. The zero-order valence-electron chi connectivity index (χ0n) is 17.8. The van der Waals surface area contributed by atoms with Gasteiger partial charge in [0.1, 0.15) is 5.75 Å². The van der Waals surface area contributed by atoms with Crippen LogP contribution >= 0.6 is 0 Å². The molecule has 1 aliphatic heterocycles. The fraction of sp³-hybridized carbons (Fsp3) is 0.222. The first kappa shape index (κ1) is 19.6. The minimum Gasteiger partial charge on any atom is -0.496 e. The predicted molar refractivity (Wildman–Crippen MR) is 127 cm³/mol. The number of hydrazone groups is 1. The van der Waals surface area contributed by atoms with Gasteiger partial charge in [0.15, 0.2) is 0 Å². The molecule has 156 valence electrons. The number of benzene rings is 3. The summed E-state index contributed by atoms with van der Waals surface area (Å²) in [6.45, 7) is 3.86. The third kappa shape index (κ3) is 3.87. The van der Waals surface area contributed by atoms with E-state index >= 15 is 0 Å². The summed E-state index contributed by atoms with van der Waals surface area (Å²) in [5.74, 6) is 0.873. The maximum atomic E-state index is 5.39. The number of allylic oxidation sites excluding steroid dienone is 1. The lowest BCUT2D eigenvalue weighted by Gasteiger charge is -2.37. The molecule has 0 atom stereocenters. The van der Waals surface area contributed by atoms with Crippen LogP contribution < -0.4 is 4.74 Å². The van der Waals surface area contributed by atoms with Gasteiger partial charge in [0.2, 0.25) is 0 Å². The second-order valence-corrected chi connectivity index (χ2v) is 7.93. The van der Waals surface area contributed by atoms with Crippen LogP contribution in [-0.4, -0.2) is 49.4 Å². The zero-order valence-corrected chi connectivity index (χ0v) is 17.8. The largest absolute Gasteiger partial charge is 0.496 e. The summed E-state index contributed by atoms with van der Waals surface area (Å²) in [5.41, 5.74) is 6.68. The van der Waals surface area contributed by atoms with E-state index in [1.807, 2.05) is 42.6 Å². The number of methoxy groups -OCH3 is 1. The highest BCUT2D eigenvalue weighted by Gasteiger charge is 2.33. The summed E-state index contributed by atoms with van der Waals surface area (Å²) in [6, 6.07) is 26.0. The van der Waals surface area contributed by atoms with Gasteiger partial charge in [-0.3, -0.25) is 9.91 Å². The van der Waals surface area contributed by atoms with Crippen LogP contribution in [0.1, 0.15) is 22.7 Å². The van der Waals surface area contributed by atoms with Gasteiger partial charge in [0.25, 0.3) is 0 Å². The summed E-state index contributed by atoms with van der Waals surface area (Å²) < 4.78 is 5.39. The monoisotopic (exact) mass is 409 g/mol. The number of ether oxygens (including phenoxy) is 1. The van der Waals surface area contributed by atoms with Gasteiger partial charge in [-0.2, -0.15) is 5.10 Å². The first-order chi connectivity index (χ1) is 15.3. The van der Waals surface area contributed by atoms with E-state index in [4.69, 9.17) is 4.74 Å². The van der Waals surface area contributed by atoms with Gasteiger partial charge in [0, 0.05) is 38.0 Å². The number of hydrogen-bond donors (Lipinski definition) is 0. The molecule has 0 amide bonds. The van der Waals surface area contributed by atoms with Crippen molar-refractivity contribution in [2.24, 2.45) is 5.10 Å². The van der Waals surface area contributed by atoms with E-state index in [0.29, 0.717) is 6.04 Å². The molecule has 1 aliphatic carbocycles. The smallest absolute Gasteiger partial charge is 0.126 e. The molecule has 4 heteroatoms.